The summed E-state index contributed by atoms with van der Waals surface area (Å²) in [5, 5.41) is 3.07. The van der Waals surface area contributed by atoms with Gasteiger partial charge in [-0.2, -0.15) is 0 Å². The van der Waals surface area contributed by atoms with Crippen molar-refractivity contribution in [2.24, 2.45) is 0 Å². The first-order valence-corrected chi connectivity index (χ1v) is 5.15. The lowest BCUT2D eigenvalue weighted by Gasteiger charge is -2.09. The van der Waals surface area contributed by atoms with Crippen molar-refractivity contribution in [1.82, 2.24) is 15.0 Å². The molecule has 2 aromatic heterocycles. The Hall–Kier alpha value is -1.97. The number of anilines is 1. The fourth-order valence-corrected chi connectivity index (χ4v) is 1.50. The third-order valence-corrected chi connectivity index (χ3v) is 2.55. The highest BCUT2D eigenvalue weighted by atomic mass is 15.0. The van der Waals surface area contributed by atoms with Crippen LogP contribution in [0.5, 0.6) is 0 Å². The summed E-state index contributed by atoms with van der Waals surface area (Å²) in [4.78, 5) is 13.0. The molecular formula is C12H14N4. The van der Waals surface area contributed by atoms with E-state index >= 15 is 0 Å². The van der Waals surface area contributed by atoms with Crippen LogP contribution in [0.1, 0.15) is 11.3 Å². The number of nitrogens with zero attached hydrogens (tertiary/aromatic N) is 3. The average molecular weight is 214 g/mol. The molecule has 2 aromatic rings. The summed E-state index contributed by atoms with van der Waals surface area (Å²) in [6.07, 6.45) is 3.51. The Balaban J connectivity index is 2.55. The fourth-order valence-electron chi connectivity index (χ4n) is 1.50. The van der Waals surface area contributed by atoms with Crippen LogP contribution in [0.3, 0.4) is 0 Å². The zero-order valence-electron chi connectivity index (χ0n) is 9.65. The molecule has 0 aromatic carbocycles. The third kappa shape index (κ3) is 1.86. The Labute approximate surface area is 94.8 Å². The lowest BCUT2D eigenvalue weighted by Crippen LogP contribution is -2.02. The van der Waals surface area contributed by atoms with Crippen molar-refractivity contribution in [2.45, 2.75) is 13.8 Å². The number of hydrogen-bond donors (Lipinski definition) is 1. The van der Waals surface area contributed by atoms with Gasteiger partial charge >= 0.3 is 0 Å². The van der Waals surface area contributed by atoms with Gasteiger partial charge in [-0.15, -0.1) is 0 Å². The molecule has 0 unspecified atom stereocenters. The first-order chi connectivity index (χ1) is 7.72. The van der Waals surface area contributed by atoms with Gasteiger partial charge in [-0.25, -0.2) is 9.97 Å². The molecule has 0 bridgehead atoms. The van der Waals surface area contributed by atoms with Crippen LogP contribution in [0, 0.1) is 13.8 Å². The maximum absolute atomic E-state index is 4.46. The van der Waals surface area contributed by atoms with Crippen molar-refractivity contribution in [3.63, 3.8) is 0 Å². The minimum atomic E-state index is 0.709. The van der Waals surface area contributed by atoms with Crippen LogP contribution in [0.4, 0.5) is 5.82 Å². The molecular weight excluding hydrogens is 200 g/mol. The first-order valence-electron chi connectivity index (χ1n) is 5.15. The zero-order valence-corrected chi connectivity index (χ0v) is 9.65. The Kier molecular flexibility index (Phi) is 2.81. The predicted molar refractivity (Wildman–Crippen MR) is 64.3 cm³/mol. The van der Waals surface area contributed by atoms with E-state index in [1.54, 1.807) is 12.4 Å². The quantitative estimate of drug-likeness (QED) is 0.832. The molecule has 0 aliphatic heterocycles. The van der Waals surface area contributed by atoms with Crippen molar-refractivity contribution in [2.75, 3.05) is 12.4 Å². The van der Waals surface area contributed by atoms with Crippen molar-refractivity contribution in [3.05, 3.63) is 35.8 Å². The number of pyridine rings is 1. The number of hydrogen-bond acceptors (Lipinski definition) is 4. The van der Waals surface area contributed by atoms with Crippen LogP contribution in [0.25, 0.3) is 11.4 Å². The monoisotopic (exact) mass is 214 g/mol. The summed E-state index contributed by atoms with van der Waals surface area (Å²) in [6, 6.07) is 3.84. The molecule has 82 valence electrons. The maximum Gasteiger partial charge on any atom is 0.163 e. The van der Waals surface area contributed by atoms with Gasteiger partial charge in [-0.1, -0.05) is 0 Å². The van der Waals surface area contributed by atoms with Gasteiger partial charge in [0.15, 0.2) is 5.82 Å². The molecule has 0 atom stereocenters. The second-order valence-corrected chi connectivity index (χ2v) is 3.60. The molecule has 0 saturated heterocycles. The van der Waals surface area contributed by atoms with Crippen LogP contribution >= 0.6 is 0 Å². The van der Waals surface area contributed by atoms with E-state index in [1.807, 2.05) is 33.0 Å². The smallest absolute Gasteiger partial charge is 0.163 e. The summed E-state index contributed by atoms with van der Waals surface area (Å²) in [5.41, 5.74) is 3.00. The Morgan fingerprint density at radius 1 is 1.19 bits per heavy atom. The molecule has 1 N–H and O–H groups in total. The van der Waals surface area contributed by atoms with Crippen molar-refractivity contribution < 1.29 is 0 Å². The predicted octanol–water partition coefficient (Wildman–Crippen LogP) is 2.20. The van der Waals surface area contributed by atoms with Gasteiger partial charge in [0.1, 0.15) is 5.82 Å². The number of rotatable bonds is 2. The molecule has 0 radical (unpaired) electrons. The molecule has 2 heterocycles. The topological polar surface area (TPSA) is 50.7 Å². The average Bonchev–Trinajstić information content (AvgIpc) is 2.33. The van der Waals surface area contributed by atoms with Crippen LogP contribution < -0.4 is 5.32 Å². The second-order valence-electron chi connectivity index (χ2n) is 3.60. The van der Waals surface area contributed by atoms with Gasteiger partial charge in [0.2, 0.25) is 0 Å². The Morgan fingerprint density at radius 2 is 2.00 bits per heavy atom. The number of nitrogens with one attached hydrogen (secondary N) is 1. The molecule has 0 aliphatic rings. The molecule has 2 rings (SSSR count). The molecule has 16 heavy (non-hydrogen) atoms. The SMILES string of the molecule is CNc1nc(-c2cccnc2)nc(C)c1C. The molecule has 0 amide bonds. The first kappa shape index (κ1) is 10.5. The third-order valence-electron chi connectivity index (χ3n) is 2.55. The summed E-state index contributed by atoms with van der Waals surface area (Å²) in [5.74, 6) is 1.58. The molecule has 0 fully saturated rings. The summed E-state index contributed by atoms with van der Waals surface area (Å²) in [6.45, 7) is 3.99. The van der Waals surface area contributed by atoms with Gasteiger partial charge in [-0.3, -0.25) is 4.98 Å². The zero-order chi connectivity index (χ0) is 11.5. The molecule has 4 nitrogen and oxygen atoms in total. The van der Waals surface area contributed by atoms with E-state index in [0.717, 1.165) is 22.6 Å². The van der Waals surface area contributed by atoms with E-state index in [4.69, 9.17) is 0 Å². The maximum atomic E-state index is 4.46. The van der Waals surface area contributed by atoms with Crippen LogP contribution in [-0.4, -0.2) is 22.0 Å². The van der Waals surface area contributed by atoms with Crippen LogP contribution in [0.2, 0.25) is 0 Å². The van der Waals surface area contributed by atoms with E-state index in [1.165, 1.54) is 0 Å². The minimum Gasteiger partial charge on any atom is -0.373 e. The molecule has 0 spiro atoms. The minimum absolute atomic E-state index is 0.709. The van der Waals surface area contributed by atoms with E-state index < -0.39 is 0 Å². The van der Waals surface area contributed by atoms with Gasteiger partial charge in [0, 0.05) is 36.3 Å². The van der Waals surface area contributed by atoms with Crippen molar-refractivity contribution >= 4 is 5.82 Å². The molecule has 0 saturated carbocycles. The number of aryl methyl sites for hydroxylation is 1. The summed E-state index contributed by atoms with van der Waals surface area (Å²) in [7, 11) is 1.86. The van der Waals surface area contributed by atoms with Crippen molar-refractivity contribution in [3.8, 4) is 11.4 Å². The Morgan fingerprint density at radius 3 is 2.62 bits per heavy atom. The standard InChI is InChI=1S/C12H14N4/c1-8-9(2)15-12(16-11(8)13-3)10-5-4-6-14-7-10/h4-7H,1-3H3,(H,13,15,16). The summed E-state index contributed by atoms with van der Waals surface area (Å²) >= 11 is 0. The van der Waals surface area contributed by atoms with Crippen molar-refractivity contribution in [1.29, 1.82) is 0 Å². The highest BCUT2D eigenvalue weighted by Crippen LogP contribution is 2.20. The Bertz CT molecular complexity index is 494. The van der Waals surface area contributed by atoms with Crippen LogP contribution in [-0.2, 0) is 0 Å². The van der Waals surface area contributed by atoms with Gasteiger partial charge in [0.25, 0.3) is 0 Å². The largest absolute Gasteiger partial charge is 0.373 e. The highest BCUT2D eigenvalue weighted by Gasteiger charge is 2.08. The van der Waals surface area contributed by atoms with Gasteiger partial charge < -0.3 is 5.32 Å². The van der Waals surface area contributed by atoms with E-state index in [2.05, 4.69) is 20.3 Å². The van der Waals surface area contributed by atoms with Gasteiger partial charge in [0.05, 0.1) is 0 Å². The normalized spacial score (nSPS) is 10.2. The number of aromatic nitrogens is 3. The molecule has 0 aliphatic carbocycles. The fraction of sp³-hybridized carbons (Fsp3) is 0.250. The van der Waals surface area contributed by atoms with Crippen LogP contribution in [0.15, 0.2) is 24.5 Å². The lowest BCUT2D eigenvalue weighted by molar-refractivity contribution is 1.07. The lowest BCUT2D eigenvalue weighted by atomic mass is 10.2. The summed E-state index contributed by atoms with van der Waals surface area (Å²) < 4.78 is 0. The highest BCUT2D eigenvalue weighted by molar-refractivity contribution is 5.58. The second kappa shape index (κ2) is 4.26. The van der Waals surface area contributed by atoms with E-state index in [-0.39, 0.29) is 0 Å². The van der Waals surface area contributed by atoms with E-state index in [9.17, 15) is 0 Å². The molecule has 4 heteroatoms. The van der Waals surface area contributed by atoms with E-state index in [0.29, 0.717) is 5.82 Å². The van der Waals surface area contributed by atoms with Gasteiger partial charge in [-0.05, 0) is 26.0 Å².